The largest absolute Gasteiger partial charge is 0.0843 e. The first-order valence-electron chi connectivity index (χ1n) is 14.7. The molecule has 0 aliphatic heterocycles. The molecule has 0 amide bonds. The van der Waals surface area contributed by atoms with E-state index in [0.29, 0.717) is 0 Å². The van der Waals surface area contributed by atoms with E-state index < -0.39 is 0 Å². The topological polar surface area (TPSA) is 0 Å². The van der Waals surface area contributed by atoms with Crippen molar-refractivity contribution in [2.24, 2.45) is 0 Å². The lowest BCUT2D eigenvalue weighted by Gasteiger charge is -2.33. The van der Waals surface area contributed by atoms with E-state index in [1.54, 1.807) is 11.1 Å². The Morgan fingerprint density at radius 3 is 1.69 bits per heavy atom. The molecule has 0 saturated carbocycles. The molecular formula is C35H45Cl. The second-order valence-corrected chi connectivity index (χ2v) is 11.4. The Kier molecular flexibility index (Phi) is 10.1. The van der Waals surface area contributed by atoms with Gasteiger partial charge in [0.05, 0.1) is 0 Å². The molecule has 0 nitrogen and oxygen atoms in total. The highest BCUT2D eigenvalue weighted by Gasteiger charge is 2.42. The molecule has 0 radical (unpaired) electrons. The van der Waals surface area contributed by atoms with Gasteiger partial charge in [-0.15, -0.1) is 0 Å². The maximum Gasteiger partial charge on any atom is 0.0406 e. The van der Waals surface area contributed by atoms with E-state index in [9.17, 15) is 0 Å². The Bertz CT molecular complexity index is 1060. The van der Waals surface area contributed by atoms with Gasteiger partial charge >= 0.3 is 0 Å². The zero-order valence-corrected chi connectivity index (χ0v) is 23.4. The van der Waals surface area contributed by atoms with Crippen molar-refractivity contribution >= 4 is 11.6 Å². The first kappa shape index (κ1) is 27.0. The van der Waals surface area contributed by atoms with Crippen molar-refractivity contribution in [1.82, 2.24) is 0 Å². The lowest BCUT2D eigenvalue weighted by molar-refractivity contribution is 0.398. The van der Waals surface area contributed by atoms with Crippen molar-refractivity contribution in [3.63, 3.8) is 0 Å². The van der Waals surface area contributed by atoms with Crippen LogP contribution < -0.4 is 0 Å². The summed E-state index contributed by atoms with van der Waals surface area (Å²) in [6, 6.07) is 24.9. The van der Waals surface area contributed by atoms with Gasteiger partial charge in [-0.25, -0.2) is 0 Å². The second kappa shape index (κ2) is 13.5. The number of halogens is 1. The van der Waals surface area contributed by atoms with Crippen LogP contribution in [-0.4, -0.2) is 0 Å². The van der Waals surface area contributed by atoms with Gasteiger partial charge < -0.3 is 0 Å². The van der Waals surface area contributed by atoms with Gasteiger partial charge in [0.25, 0.3) is 0 Å². The SMILES string of the molecule is CCCCCCCCC1(CCCCCCCC)c2ccccc2-c2ccc(-c3ccc(Cl)cc3)cc21. The van der Waals surface area contributed by atoms with Crippen LogP contribution in [-0.2, 0) is 5.41 Å². The molecule has 0 atom stereocenters. The van der Waals surface area contributed by atoms with E-state index in [-0.39, 0.29) is 5.41 Å². The van der Waals surface area contributed by atoms with E-state index in [1.807, 2.05) is 12.1 Å². The maximum atomic E-state index is 6.20. The molecule has 36 heavy (non-hydrogen) atoms. The van der Waals surface area contributed by atoms with Crippen LogP contribution in [0.25, 0.3) is 22.3 Å². The molecule has 0 saturated heterocycles. The fourth-order valence-corrected chi connectivity index (χ4v) is 6.48. The molecule has 0 N–H and O–H groups in total. The Morgan fingerprint density at radius 1 is 0.528 bits per heavy atom. The Morgan fingerprint density at radius 2 is 1.06 bits per heavy atom. The maximum absolute atomic E-state index is 6.20. The summed E-state index contributed by atoms with van der Waals surface area (Å²) < 4.78 is 0. The number of benzene rings is 3. The fraction of sp³-hybridized carbons (Fsp3) is 0.486. The number of rotatable bonds is 15. The summed E-state index contributed by atoms with van der Waals surface area (Å²) in [5.41, 5.74) is 8.78. The quantitative estimate of drug-likeness (QED) is 0.182. The molecule has 0 fully saturated rings. The summed E-state index contributed by atoms with van der Waals surface area (Å²) in [4.78, 5) is 0. The zero-order valence-electron chi connectivity index (χ0n) is 22.6. The summed E-state index contributed by atoms with van der Waals surface area (Å²) in [6.45, 7) is 4.61. The molecule has 1 aliphatic rings. The van der Waals surface area contributed by atoms with E-state index in [0.717, 1.165) is 5.02 Å². The van der Waals surface area contributed by atoms with Gasteiger partial charge in [-0.1, -0.05) is 151 Å². The molecule has 192 valence electrons. The van der Waals surface area contributed by atoms with Crippen molar-refractivity contribution in [2.45, 2.75) is 109 Å². The third kappa shape index (κ3) is 6.25. The average molecular weight is 501 g/mol. The van der Waals surface area contributed by atoms with E-state index >= 15 is 0 Å². The second-order valence-electron chi connectivity index (χ2n) is 10.9. The van der Waals surface area contributed by atoms with Crippen LogP contribution in [0.2, 0.25) is 5.02 Å². The van der Waals surface area contributed by atoms with Crippen molar-refractivity contribution in [3.05, 3.63) is 82.9 Å². The van der Waals surface area contributed by atoms with Crippen LogP contribution >= 0.6 is 11.6 Å². The highest BCUT2D eigenvalue weighted by molar-refractivity contribution is 6.30. The van der Waals surface area contributed by atoms with Crippen LogP contribution in [0.3, 0.4) is 0 Å². The highest BCUT2D eigenvalue weighted by Crippen LogP contribution is 2.54. The third-order valence-electron chi connectivity index (χ3n) is 8.36. The molecule has 0 spiro atoms. The monoisotopic (exact) mass is 500 g/mol. The number of fused-ring (bicyclic) bond motifs is 3. The van der Waals surface area contributed by atoms with Gasteiger partial charge in [0.1, 0.15) is 0 Å². The zero-order chi connectivity index (χ0) is 25.2. The number of hydrogen-bond acceptors (Lipinski definition) is 0. The van der Waals surface area contributed by atoms with E-state index in [1.165, 1.54) is 112 Å². The summed E-state index contributed by atoms with van der Waals surface area (Å²) in [7, 11) is 0. The summed E-state index contributed by atoms with van der Waals surface area (Å²) in [5, 5.41) is 0.799. The van der Waals surface area contributed by atoms with E-state index in [4.69, 9.17) is 11.6 Å². The van der Waals surface area contributed by atoms with Gasteiger partial charge in [0, 0.05) is 10.4 Å². The minimum atomic E-state index is 0.143. The van der Waals surface area contributed by atoms with Crippen LogP contribution in [0.1, 0.15) is 115 Å². The minimum absolute atomic E-state index is 0.143. The van der Waals surface area contributed by atoms with Gasteiger partial charge in [0.2, 0.25) is 0 Å². The van der Waals surface area contributed by atoms with E-state index in [2.05, 4.69) is 68.4 Å². The van der Waals surface area contributed by atoms with Gasteiger partial charge in [-0.2, -0.15) is 0 Å². The summed E-state index contributed by atoms with van der Waals surface area (Å²) >= 11 is 6.20. The molecule has 1 heteroatoms. The molecule has 0 bridgehead atoms. The van der Waals surface area contributed by atoms with Gasteiger partial charge in [-0.3, -0.25) is 0 Å². The molecular weight excluding hydrogens is 456 g/mol. The smallest absolute Gasteiger partial charge is 0.0406 e. The normalized spacial score (nSPS) is 13.5. The van der Waals surface area contributed by atoms with Crippen LogP contribution in [0.15, 0.2) is 66.7 Å². The predicted molar refractivity (Wildman–Crippen MR) is 159 cm³/mol. The average Bonchev–Trinajstić information content (AvgIpc) is 3.18. The molecule has 1 aliphatic carbocycles. The number of unbranched alkanes of at least 4 members (excludes halogenated alkanes) is 10. The molecule has 0 aromatic heterocycles. The van der Waals surface area contributed by atoms with Crippen LogP contribution in [0, 0.1) is 0 Å². The summed E-state index contributed by atoms with van der Waals surface area (Å²) in [5.74, 6) is 0. The molecule has 4 rings (SSSR count). The fourth-order valence-electron chi connectivity index (χ4n) is 6.36. The molecule has 3 aromatic rings. The van der Waals surface area contributed by atoms with Gasteiger partial charge in [-0.05, 0) is 64.4 Å². The first-order valence-corrected chi connectivity index (χ1v) is 15.1. The van der Waals surface area contributed by atoms with Crippen LogP contribution in [0.4, 0.5) is 0 Å². The molecule has 0 heterocycles. The first-order chi connectivity index (χ1) is 17.7. The lowest BCUT2D eigenvalue weighted by atomic mass is 9.70. The Hall–Kier alpha value is -2.05. The summed E-state index contributed by atoms with van der Waals surface area (Å²) in [6.07, 6.45) is 18.8. The number of hydrogen-bond donors (Lipinski definition) is 0. The predicted octanol–water partition coefficient (Wildman–Crippen LogP) is 11.8. The highest BCUT2D eigenvalue weighted by atomic mass is 35.5. The third-order valence-corrected chi connectivity index (χ3v) is 8.61. The minimum Gasteiger partial charge on any atom is -0.0843 e. The Labute approximate surface area is 225 Å². The van der Waals surface area contributed by atoms with Crippen molar-refractivity contribution < 1.29 is 0 Å². The molecule has 0 unspecified atom stereocenters. The van der Waals surface area contributed by atoms with Gasteiger partial charge in [0.15, 0.2) is 0 Å². The Balaban J connectivity index is 1.65. The lowest BCUT2D eigenvalue weighted by Crippen LogP contribution is -2.25. The van der Waals surface area contributed by atoms with Crippen LogP contribution in [0.5, 0.6) is 0 Å². The molecule has 3 aromatic carbocycles. The van der Waals surface area contributed by atoms with Crippen molar-refractivity contribution in [1.29, 1.82) is 0 Å². The van der Waals surface area contributed by atoms with Crippen molar-refractivity contribution in [3.8, 4) is 22.3 Å². The van der Waals surface area contributed by atoms with Crippen molar-refractivity contribution in [2.75, 3.05) is 0 Å². The standard InChI is InChI=1S/C35H45Cl/c1-3-5-7-9-11-15-25-35(26-16-12-10-8-6-4-2)33-18-14-13-17-31(33)32-24-21-29(27-34(32)35)28-19-22-30(36)23-20-28/h13-14,17-24,27H,3-12,15-16,25-26H2,1-2H3.